The van der Waals surface area contributed by atoms with Gasteiger partial charge in [0.2, 0.25) is 0 Å². The molecule has 27 heavy (non-hydrogen) atoms. The van der Waals surface area contributed by atoms with Gasteiger partial charge in [0, 0.05) is 44.7 Å². The number of hydrogen-bond donors (Lipinski definition) is 1. The van der Waals surface area contributed by atoms with E-state index in [1.54, 1.807) is 0 Å². The van der Waals surface area contributed by atoms with Crippen molar-refractivity contribution >= 4 is 12.0 Å². The van der Waals surface area contributed by atoms with Crippen LogP contribution in [0.5, 0.6) is 0 Å². The molecule has 1 aliphatic heterocycles. The minimum atomic E-state index is -0.762. The molecular weight excluding hydrogens is 342 g/mol. The van der Waals surface area contributed by atoms with Crippen molar-refractivity contribution in [3.63, 3.8) is 0 Å². The summed E-state index contributed by atoms with van der Waals surface area (Å²) in [5, 5.41) is 0. The highest BCUT2D eigenvalue weighted by atomic mass is 16.6. The van der Waals surface area contributed by atoms with Crippen LogP contribution in [0.15, 0.2) is 60.7 Å². The van der Waals surface area contributed by atoms with E-state index in [0.717, 1.165) is 30.8 Å². The Morgan fingerprint density at radius 3 is 2.11 bits per heavy atom. The fourth-order valence-electron chi connectivity index (χ4n) is 3.34. The van der Waals surface area contributed by atoms with E-state index in [9.17, 15) is 9.59 Å². The van der Waals surface area contributed by atoms with Gasteiger partial charge in [0.1, 0.15) is 6.10 Å². The SMILES string of the molecule is NC(=O)OC(CCN1CCN(C(=O)c2ccccc2)CC1)c1ccccc1. The summed E-state index contributed by atoms with van der Waals surface area (Å²) in [5.74, 6) is 0.0782. The summed E-state index contributed by atoms with van der Waals surface area (Å²) < 4.78 is 5.29. The molecule has 6 heteroatoms. The van der Waals surface area contributed by atoms with Crippen LogP contribution >= 0.6 is 0 Å². The lowest BCUT2D eigenvalue weighted by molar-refractivity contribution is 0.0581. The molecule has 0 aromatic heterocycles. The molecule has 0 radical (unpaired) electrons. The van der Waals surface area contributed by atoms with Crippen LogP contribution in [-0.2, 0) is 4.74 Å². The number of rotatable bonds is 6. The van der Waals surface area contributed by atoms with E-state index in [2.05, 4.69) is 4.90 Å². The van der Waals surface area contributed by atoms with Crippen molar-refractivity contribution in [2.24, 2.45) is 5.73 Å². The van der Waals surface area contributed by atoms with E-state index in [0.29, 0.717) is 19.5 Å². The molecule has 142 valence electrons. The molecular formula is C21H25N3O3. The predicted molar refractivity (Wildman–Crippen MR) is 103 cm³/mol. The number of carbonyl (C=O) groups excluding carboxylic acids is 2. The fraction of sp³-hybridized carbons (Fsp3) is 0.333. The number of hydrogen-bond acceptors (Lipinski definition) is 4. The van der Waals surface area contributed by atoms with Gasteiger partial charge in [-0.15, -0.1) is 0 Å². The number of benzene rings is 2. The van der Waals surface area contributed by atoms with Gasteiger partial charge in [0.15, 0.2) is 0 Å². The first-order chi connectivity index (χ1) is 13.1. The van der Waals surface area contributed by atoms with E-state index >= 15 is 0 Å². The van der Waals surface area contributed by atoms with Gasteiger partial charge in [0.05, 0.1) is 0 Å². The molecule has 0 bridgehead atoms. The summed E-state index contributed by atoms with van der Waals surface area (Å²) in [5.41, 5.74) is 6.89. The molecule has 2 amide bonds. The molecule has 1 saturated heterocycles. The second kappa shape index (κ2) is 9.19. The van der Waals surface area contributed by atoms with Crippen LogP contribution in [0, 0.1) is 0 Å². The largest absolute Gasteiger partial charge is 0.441 e. The number of carbonyl (C=O) groups is 2. The van der Waals surface area contributed by atoms with Crippen molar-refractivity contribution in [1.29, 1.82) is 0 Å². The van der Waals surface area contributed by atoms with E-state index in [4.69, 9.17) is 10.5 Å². The molecule has 2 aromatic rings. The van der Waals surface area contributed by atoms with Gasteiger partial charge in [-0.25, -0.2) is 4.79 Å². The zero-order chi connectivity index (χ0) is 19.1. The normalized spacial score (nSPS) is 15.9. The van der Waals surface area contributed by atoms with Crippen LogP contribution in [0.1, 0.15) is 28.4 Å². The van der Waals surface area contributed by atoms with Crippen molar-refractivity contribution in [3.8, 4) is 0 Å². The molecule has 2 aromatic carbocycles. The van der Waals surface area contributed by atoms with Crippen LogP contribution in [-0.4, -0.2) is 54.5 Å². The Balaban J connectivity index is 1.51. The van der Waals surface area contributed by atoms with Crippen molar-refractivity contribution in [1.82, 2.24) is 9.80 Å². The van der Waals surface area contributed by atoms with E-state index in [-0.39, 0.29) is 12.0 Å². The Bertz CT molecular complexity index is 744. The summed E-state index contributed by atoms with van der Waals surface area (Å²) >= 11 is 0. The molecule has 6 nitrogen and oxygen atoms in total. The Kier molecular flexibility index (Phi) is 6.44. The summed E-state index contributed by atoms with van der Waals surface area (Å²) in [7, 11) is 0. The molecule has 1 fully saturated rings. The Labute approximate surface area is 159 Å². The second-order valence-corrected chi connectivity index (χ2v) is 6.62. The number of ether oxygens (including phenoxy) is 1. The highest BCUT2D eigenvalue weighted by molar-refractivity contribution is 5.94. The number of piperazine rings is 1. The zero-order valence-electron chi connectivity index (χ0n) is 15.3. The summed E-state index contributed by atoms with van der Waals surface area (Å²) in [6.45, 7) is 3.77. The molecule has 0 spiro atoms. The zero-order valence-corrected chi connectivity index (χ0v) is 15.3. The smallest absolute Gasteiger partial charge is 0.405 e. The molecule has 3 rings (SSSR count). The third kappa shape index (κ3) is 5.31. The quantitative estimate of drug-likeness (QED) is 0.852. The molecule has 1 atom stereocenters. The van der Waals surface area contributed by atoms with Crippen LogP contribution < -0.4 is 5.73 Å². The average molecular weight is 367 g/mol. The average Bonchev–Trinajstić information content (AvgIpc) is 2.72. The third-order valence-corrected chi connectivity index (χ3v) is 4.82. The Hall–Kier alpha value is -2.86. The minimum Gasteiger partial charge on any atom is -0.441 e. The first-order valence-corrected chi connectivity index (χ1v) is 9.21. The molecule has 1 heterocycles. The highest BCUT2D eigenvalue weighted by Gasteiger charge is 2.23. The standard InChI is InChI=1S/C21H25N3O3/c22-21(26)27-19(17-7-3-1-4-8-17)11-12-23-13-15-24(16-14-23)20(25)18-9-5-2-6-10-18/h1-10,19H,11-16H2,(H2,22,26). The Morgan fingerprint density at radius 2 is 1.52 bits per heavy atom. The van der Waals surface area contributed by atoms with E-state index in [1.807, 2.05) is 65.6 Å². The summed E-state index contributed by atoms with van der Waals surface area (Å²) in [4.78, 5) is 27.9. The van der Waals surface area contributed by atoms with Crippen molar-refractivity contribution < 1.29 is 14.3 Å². The van der Waals surface area contributed by atoms with Gasteiger partial charge >= 0.3 is 6.09 Å². The lowest BCUT2D eigenvalue weighted by Gasteiger charge is -2.35. The van der Waals surface area contributed by atoms with Crippen LogP contribution in [0.2, 0.25) is 0 Å². The molecule has 1 aliphatic rings. The summed E-state index contributed by atoms with van der Waals surface area (Å²) in [6, 6.07) is 19.0. The van der Waals surface area contributed by atoms with Crippen molar-refractivity contribution in [2.45, 2.75) is 12.5 Å². The fourth-order valence-corrected chi connectivity index (χ4v) is 3.34. The minimum absolute atomic E-state index is 0.0782. The van der Waals surface area contributed by atoms with Gasteiger partial charge in [0.25, 0.3) is 5.91 Å². The molecule has 2 N–H and O–H groups in total. The monoisotopic (exact) mass is 367 g/mol. The van der Waals surface area contributed by atoms with E-state index < -0.39 is 6.09 Å². The predicted octanol–water partition coefficient (Wildman–Crippen LogP) is 2.67. The van der Waals surface area contributed by atoms with Crippen molar-refractivity contribution in [3.05, 3.63) is 71.8 Å². The second-order valence-electron chi connectivity index (χ2n) is 6.62. The lowest BCUT2D eigenvalue weighted by Crippen LogP contribution is -2.49. The maximum Gasteiger partial charge on any atom is 0.405 e. The van der Waals surface area contributed by atoms with Crippen LogP contribution in [0.4, 0.5) is 4.79 Å². The maximum atomic E-state index is 12.5. The number of primary amides is 1. The van der Waals surface area contributed by atoms with Gasteiger partial charge in [-0.05, 0) is 17.7 Å². The lowest BCUT2D eigenvalue weighted by atomic mass is 10.1. The maximum absolute atomic E-state index is 12.5. The van der Waals surface area contributed by atoms with Gasteiger partial charge in [-0.3, -0.25) is 9.69 Å². The first-order valence-electron chi connectivity index (χ1n) is 9.21. The number of nitrogens with zero attached hydrogens (tertiary/aromatic N) is 2. The first kappa shape index (κ1) is 18.9. The molecule has 0 aliphatic carbocycles. The van der Waals surface area contributed by atoms with Gasteiger partial charge < -0.3 is 15.4 Å². The third-order valence-electron chi connectivity index (χ3n) is 4.82. The summed E-state index contributed by atoms with van der Waals surface area (Å²) in [6.07, 6.45) is -0.450. The number of nitrogens with two attached hydrogens (primary N) is 1. The van der Waals surface area contributed by atoms with E-state index in [1.165, 1.54) is 0 Å². The number of amides is 2. The topological polar surface area (TPSA) is 75.9 Å². The van der Waals surface area contributed by atoms with Gasteiger partial charge in [-0.1, -0.05) is 48.5 Å². The highest BCUT2D eigenvalue weighted by Crippen LogP contribution is 2.22. The van der Waals surface area contributed by atoms with Gasteiger partial charge in [-0.2, -0.15) is 0 Å². The van der Waals surface area contributed by atoms with Crippen molar-refractivity contribution in [2.75, 3.05) is 32.7 Å². The Morgan fingerprint density at radius 1 is 0.926 bits per heavy atom. The van der Waals surface area contributed by atoms with Crippen LogP contribution in [0.3, 0.4) is 0 Å². The molecule has 1 unspecified atom stereocenters. The van der Waals surface area contributed by atoms with Crippen LogP contribution in [0.25, 0.3) is 0 Å². The molecule has 0 saturated carbocycles.